The summed E-state index contributed by atoms with van der Waals surface area (Å²) in [6.07, 6.45) is 2.23. The van der Waals surface area contributed by atoms with Crippen LogP contribution in [0, 0.1) is 0 Å². The SMILES string of the molecule is NCCc1ncc(-c2ccc3[nH]c(=O)oc3c2)nn1. The number of nitrogens with one attached hydrogen (secondary N) is 1. The van der Waals surface area contributed by atoms with Gasteiger partial charge in [0.1, 0.15) is 5.69 Å². The highest BCUT2D eigenvalue weighted by Gasteiger charge is 2.06. The maximum absolute atomic E-state index is 11.1. The van der Waals surface area contributed by atoms with Gasteiger partial charge in [0, 0.05) is 12.0 Å². The van der Waals surface area contributed by atoms with E-state index in [1.807, 2.05) is 6.07 Å². The molecule has 0 aliphatic heterocycles. The van der Waals surface area contributed by atoms with Gasteiger partial charge in [-0.2, -0.15) is 0 Å². The first-order valence-electron chi connectivity index (χ1n) is 5.78. The number of H-pyrrole nitrogens is 1. The van der Waals surface area contributed by atoms with Crippen LogP contribution in [0.1, 0.15) is 5.82 Å². The predicted molar refractivity (Wildman–Crippen MR) is 68.4 cm³/mol. The van der Waals surface area contributed by atoms with Crippen LogP contribution in [-0.2, 0) is 6.42 Å². The van der Waals surface area contributed by atoms with Crippen molar-refractivity contribution in [3.05, 3.63) is 40.8 Å². The third-order valence-corrected chi connectivity index (χ3v) is 2.69. The molecule has 0 spiro atoms. The number of aromatic nitrogens is 4. The molecule has 0 fully saturated rings. The van der Waals surface area contributed by atoms with Crippen molar-refractivity contribution in [1.82, 2.24) is 20.2 Å². The molecule has 7 nitrogen and oxygen atoms in total. The molecular formula is C12H11N5O2. The van der Waals surface area contributed by atoms with E-state index >= 15 is 0 Å². The van der Waals surface area contributed by atoms with Gasteiger partial charge in [0.25, 0.3) is 0 Å². The van der Waals surface area contributed by atoms with Crippen LogP contribution in [0.5, 0.6) is 0 Å². The molecule has 2 aromatic heterocycles. The highest BCUT2D eigenvalue weighted by molar-refractivity contribution is 5.78. The lowest BCUT2D eigenvalue weighted by atomic mass is 10.1. The molecule has 0 saturated carbocycles. The number of benzene rings is 1. The zero-order valence-electron chi connectivity index (χ0n) is 9.96. The van der Waals surface area contributed by atoms with Crippen molar-refractivity contribution >= 4 is 11.1 Å². The lowest BCUT2D eigenvalue weighted by molar-refractivity contribution is 0.555. The highest BCUT2D eigenvalue weighted by atomic mass is 16.4. The summed E-state index contributed by atoms with van der Waals surface area (Å²) in [5, 5.41) is 8.07. The average Bonchev–Trinajstić information content (AvgIpc) is 2.79. The fourth-order valence-electron chi connectivity index (χ4n) is 1.78. The zero-order valence-corrected chi connectivity index (χ0v) is 9.96. The minimum Gasteiger partial charge on any atom is -0.408 e. The molecule has 0 amide bonds. The van der Waals surface area contributed by atoms with Gasteiger partial charge in [0.2, 0.25) is 0 Å². The highest BCUT2D eigenvalue weighted by Crippen LogP contribution is 2.20. The number of oxazole rings is 1. The van der Waals surface area contributed by atoms with Gasteiger partial charge < -0.3 is 10.2 Å². The lowest BCUT2D eigenvalue weighted by Crippen LogP contribution is -2.07. The van der Waals surface area contributed by atoms with Crippen LogP contribution in [-0.4, -0.2) is 26.7 Å². The van der Waals surface area contributed by atoms with Crippen molar-refractivity contribution in [2.75, 3.05) is 6.54 Å². The molecule has 3 N–H and O–H groups in total. The molecule has 0 radical (unpaired) electrons. The van der Waals surface area contributed by atoms with Crippen molar-refractivity contribution in [2.45, 2.75) is 6.42 Å². The molecule has 0 aliphatic carbocycles. The molecule has 96 valence electrons. The molecule has 2 heterocycles. The van der Waals surface area contributed by atoms with Gasteiger partial charge >= 0.3 is 5.76 Å². The predicted octanol–water partition coefficient (Wildman–Crippen LogP) is 0.474. The molecule has 0 bridgehead atoms. The third kappa shape index (κ3) is 2.23. The van der Waals surface area contributed by atoms with E-state index < -0.39 is 5.76 Å². The number of hydrogen-bond donors (Lipinski definition) is 2. The Labute approximate surface area is 107 Å². The van der Waals surface area contributed by atoms with Crippen LogP contribution in [0.15, 0.2) is 33.6 Å². The maximum atomic E-state index is 11.1. The molecular weight excluding hydrogens is 246 g/mol. The molecule has 7 heteroatoms. The topological polar surface area (TPSA) is 111 Å². The van der Waals surface area contributed by atoms with E-state index in [-0.39, 0.29) is 0 Å². The smallest absolute Gasteiger partial charge is 0.408 e. The fraction of sp³-hybridized carbons (Fsp3) is 0.167. The standard InChI is InChI=1S/C12H11N5O2/c13-4-3-11-14-6-9(16-17-11)7-1-2-8-10(5-7)19-12(18)15-8/h1-2,5-6H,3-4,13H2,(H,15,18). The Hall–Kier alpha value is -2.54. The molecule has 3 aromatic rings. The molecule has 0 unspecified atom stereocenters. The van der Waals surface area contributed by atoms with Crippen LogP contribution < -0.4 is 11.5 Å². The summed E-state index contributed by atoms with van der Waals surface area (Å²) in [5.41, 5.74) is 7.95. The van der Waals surface area contributed by atoms with Gasteiger partial charge in [-0.05, 0) is 18.7 Å². The minimum absolute atomic E-state index is 0.477. The zero-order chi connectivity index (χ0) is 13.2. The number of nitrogens with two attached hydrogens (primary N) is 1. The van der Waals surface area contributed by atoms with Crippen molar-refractivity contribution < 1.29 is 4.42 Å². The summed E-state index contributed by atoms with van der Waals surface area (Å²) in [6, 6.07) is 5.30. The monoisotopic (exact) mass is 257 g/mol. The van der Waals surface area contributed by atoms with E-state index in [4.69, 9.17) is 10.2 Å². The van der Waals surface area contributed by atoms with Gasteiger partial charge in [-0.3, -0.25) is 4.98 Å². The molecule has 0 saturated heterocycles. The second-order valence-electron chi connectivity index (χ2n) is 4.02. The largest absolute Gasteiger partial charge is 0.417 e. The lowest BCUT2D eigenvalue weighted by Gasteiger charge is -2.00. The quantitative estimate of drug-likeness (QED) is 0.705. The van der Waals surface area contributed by atoms with Gasteiger partial charge in [-0.15, -0.1) is 10.2 Å². The van der Waals surface area contributed by atoms with Crippen LogP contribution in [0.4, 0.5) is 0 Å². The Bertz CT molecular complexity index is 760. The first kappa shape index (κ1) is 11.5. The van der Waals surface area contributed by atoms with E-state index in [1.165, 1.54) is 0 Å². The van der Waals surface area contributed by atoms with Gasteiger partial charge in [0.05, 0.1) is 11.7 Å². The van der Waals surface area contributed by atoms with E-state index in [0.29, 0.717) is 35.6 Å². The number of aromatic amines is 1. The first-order valence-corrected chi connectivity index (χ1v) is 5.78. The number of fused-ring (bicyclic) bond motifs is 1. The first-order chi connectivity index (χ1) is 9.26. The maximum Gasteiger partial charge on any atom is 0.417 e. The summed E-state index contributed by atoms with van der Waals surface area (Å²) in [5.74, 6) is 0.134. The Morgan fingerprint density at radius 1 is 1.32 bits per heavy atom. The second kappa shape index (κ2) is 4.62. The summed E-state index contributed by atoms with van der Waals surface area (Å²) < 4.78 is 5.00. The molecule has 0 atom stereocenters. The molecule has 19 heavy (non-hydrogen) atoms. The van der Waals surface area contributed by atoms with E-state index in [1.54, 1.807) is 18.3 Å². The van der Waals surface area contributed by atoms with Crippen molar-refractivity contribution in [2.24, 2.45) is 5.73 Å². The average molecular weight is 257 g/mol. The summed E-state index contributed by atoms with van der Waals surface area (Å²) >= 11 is 0. The van der Waals surface area contributed by atoms with E-state index in [2.05, 4.69) is 20.2 Å². The third-order valence-electron chi connectivity index (χ3n) is 2.69. The van der Waals surface area contributed by atoms with Crippen LogP contribution >= 0.6 is 0 Å². The van der Waals surface area contributed by atoms with E-state index in [9.17, 15) is 4.79 Å². The van der Waals surface area contributed by atoms with Gasteiger partial charge in [0.15, 0.2) is 11.4 Å². The Morgan fingerprint density at radius 3 is 2.95 bits per heavy atom. The number of nitrogens with zero attached hydrogens (tertiary/aromatic N) is 3. The summed E-state index contributed by atoms with van der Waals surface area (Å²) in [6.45, 7) is 0.488. The van der Waals surface area contributed by atoms with Crippen molar-refractivity contribution in [1.29, 1.82) is 0 Å². The van der Waals surface area contributed by atoms with Crippen LogP contribution in [0.25, 0.3) is 22.4 Å². The normalized spacial score (nSPS) is 11.0. The molecule has 0 aliphatic rings. The minimum atomic E-state index is -0.477. The van der Waals surface area contributed by atoms with Crippen molar-refractivity contribution in [3.63, 3.8) is 0 Å². The number of hydrogen-bond acceptors (Lipinski definition) is 6. The van der Waals surface area contributed by atoms with Crippen LogP contribution in [0.3, 0.4) is 0 Å². The second-order valence-corrected chi connectivity index (χ2v) is 4.02. The molecule has 1 aromatic carbocycles. The van der Waals surface area contributed by atoms with Crippen molar-refractivity contribution in [3.8, 4) is 11.3 Å². The van der Waals surface area contributed by atoms with E-state index in [0.717, 1.165) is 5.56 Å². The fourth-order valence-corrected chi connectivity index (χ4v) is 1.78. The number of rotatable bonds is 3. The summed E-state index contributed by atoms with van der Waals surface area (Å²) in [4.78, 5) is 17.8. The van der Waals surface area contributed by atoms with Crippen LogP contribution in [0.2, 0.25) is 0 Å². The summed E-state index contributed by atoms with van der Waals surface area (Å²) in [7, 11) is 0. The molecule has 3 rings (SSSR count). The Balaban J connectivity index is 2.00. The Kier molecular flexibility index (Phi) is 2.81. The van der Waals surface area contributed by atoms with Gasteiger partial charge in [-0.1, -0.05) is 6.07 Å². The Morgan fingerprint density at radius 2 is 2.21 bits per heavy atom. The van der Waals surface area contributed by atoms with Gasteiger partial charge in [-0.25, -0.2) is 9.78 Å².